The molecule has 1 heterocycles. The molecule has 1 unspecified atom stereocenters. The Balaban J connectivity index is 2.24. The topological polar surface area (TPSA) is 26.3 Å². The lowest BCUT2D eigenvalue weighted by molar-refractivity contribution is 0.0823. The highest BCUT2D eigenvalue weighted by atomic mass is 32.2. The molecule has 14 heavy (non-hydrogen) atoms. The van der Waals surface area contributed by atoms with Crippen LogP contribution in [0.1, 0.15) is 23.7 Å². The van der Waals surface area contributed by atoms with E-state index in [-0.39, 0.29) is 11.2 Å². The van der Waals surface area contributed by atoms with Gasteiger partial charge in [-0.25, -0.2) is 0 Å². The summed E-state index contributed by atoms with van der Waals surface area (Å²) < 4.78 is 5.45. The van der Waals surface area contributed by atoms with E-state index in [1.165, 1.54) is 0 Å². The number of carbonyl (C=O) groups is 1. The molecule has 0 fully saturated rings. The van der Waals surface area contributed by atoms with Gasteiger partial charge >= 0.3 is 0 Å². The molecule has 2 nitrogen and oxygen atoms in total. The molecule has 2 rings (SSSR count). The molecule has 74 valence electrons. The van der Waals surface area contributed by atoms with Crippen molar-refractivity contribution in [2.45, 2.75) is 23.7 Å². The fourth-order valence-electron chi connectivity index (χ4n) is 1.52. The number of carbonyl (C=O) groups excluding carboxylic acids is 1. The van der Waals surface area contributed by atoms with Crippen molar-refractivity contribution in [3.63, 3.8) is 0 Å². The molecule has 0 spiro atoms. The molecule has 0 aromatic heterocycles. The van der Waals surface area contributed by atoms with Crippen LogP contribution in [0.5, 0.6) is 0 Å². The Labute approximate surface area is 87.6 Å². The quantitative estimate of drug-likeness (QED) is 0.747. The molecule has 0 radical (unpaired) electrons. The normalized spacial score (nSPS) is 20.6. The number of benzene rings is 1. The number of hydrogen-bond donors (Lipinski definition) is 0. The third-order valence-corrected chi connectivity index (χ3v) is 3.33. The Hall–Kier alpha value is -0.800. The minimum Gasteiger partial charge on any atom is -0.367 e. The van der Waals surface area contributed by atoms with Crippen molar-refractivity contribution in [2.24, 2.45) is 0 Å². The number of thioether (sulfide) groups is 1. The van der Waals surface area contributed by atoms with Crippen LogP contribution in [-0.4, -0.2) is 17.8 Å². The molecule has 0 saturated carbocycles. The Kier molecular flexibility index (Phi) is 2.89. The van der Waals surface area contributed by atoms with Gasteiger partial charge in [-0.3, -0.25) is 4.79 Å². The highest BCUT2D eigenvalue weighted by Gasteiger charge is 2.25. The van der Waals surface area contributed by atoms with Gasteiger partial charge in [-0.2, -0.15) is 0 Å². The molecule has 0 amide bonds. The Morgan fingerprint density at radius 2 is 2.29 bits per heavy atom. The van der Waals surface area contributed by atoms with Gasteiger partial charge in [0.25, 0.3) is 0 Å². The van der Waals surface area contributed by atoms with Crippen LogP contribution in [0, 0.1) is 0 Å². The number of Topliss-reactive ketones (excluding diaryl/α,β-unsaturated/α-hetero) is 1. The van der Waals surface area contributed by atoms with Gasteiger partial charge in [0.1, 0.15) is 5.44 Å². The summed E-state index contributed by atoms with van der Waals surface area (Å²) >= 11 is 1.64. The van der Waals surface area contributed by atoms with Crippen LogP contribution >= 0.6 is 11.8 Å². The van der Waals surface area contributed by atoms with Crippen molar-refractivity contribution in [3.05, 3.63) is 29.8 Å². The van der Waals surface area contributed by atoms with E-state index in [0.717, 1.165) is 10.5 Å². The predicted octanol–water partition coefficient (Wildman–Crippen LogP) is 2.73. The zero-order valence-electron chi connectivity index (χ0n) is 8.03. The standard InChI is InChI=1S/C11H12O2S/c1-2-13-11-7-9(12)8-5-3-4-6-10(8)14-11/h3-6,11H,2,7H2,1H3. The first-order chi connectivity index (χ1) is 6.81. The van der Waals surface area contributed by atoms with Crippen LogP contribution < -0.4 is 0 Å². The third kappa shape index (κ3) is 1.83. The fourth-order valence-corrected chi connectivity index (χ4v) is 2.71. The second kappa shape index (κ2) is 4.15. The summed E-state index contributed by atoms with van der Waals surface area (Å²) in [6.45, 7) is 2.61. The predicted molar refractivity (Wildman–Crippen MR) is 56.7 cm³/mol. The van der Waals surface area contributed by atoms with Crippen molar-refractivity contribution < 1.29 is 9.53 Å². The zero-order chi connectivity index (χ0) is 9.97. The van der Waals surface area contributed by atoms with E-state index in [4.69, 9.17) is 4.74 Å². The molecule has 1 atom stereocenters. The lowest BCUT2D eigenvalue weighted by Crippen LogP contribution is -2.19. The van der Waals surface area contributed by atoms with Gasteiger partial charge in [-0.05, 0) is 13.0 Å². The lowest BCUT2D eigenvalue weighted by atomic mass is 10.1. The van der Waals surface area contributed by atoms with Gasteiger partial charge in [-0.1, -0.05) is 30.0 Å². The van der Waals surface area contributed by atoms with Crippen molar-refractivity contribution in [1.29, 1.82) is 0 Å². The van der Waals surface area contributed by atoms with Crippen LogP contribution in [0.4, 0.5) is 0 Å². The number of ketones is 1. The number of ether oxygens (including phenoxy) is 1. The first-order valence-corrected chi connectivity index (χ1v) is 5.59. The second-order valence-corrected chi connectivity index (χ2v) is 4.33. The van der Waals surface area contributed by atoms with E-state index < -0.39 is 0 Å². The number of rotatable bonds is 2. The van der Waals surface area contributed by atoms with Gasteiger partial charge in [0.2, 0.25) is 0 Å². The summed E-state index contributed by atoms with van der Waals surface area (Å²) in [6, 6.07) is 7.71. The number of hydrogen-bond acceptors (Lipinski definition) is 3. The molecule has 0 aliphatic carbocycles. The minimum absolute atomic E-state index is 0.00222. The molecular weight excluding hydrogens is 196 g/mol. The van der Waals surface area contributed by atoms with Crippen LogP contribution in [0.25, 0.3) is 0 Å². The highest BCUT2D eigenvalue weighted by Crippen LogP contribution is 2.35. The maximum absolute atomic E-state index is 11.7. The number of fused-ring (bicyclic) bond motifs is 1. The van der Waals surface area contributed by atoms with E-state index >= 15 is 0 Å². The summed E-state index contributed by atoms with van der Waals surface area (Å²) in [5.41, 5.74) is 0.843. The lowest BCUT2D eigenvalue weighted by Gasteiger charge is -2.22. The summed E-state index contributed by atoms with van der Waals surface area (Å²) in [4.78, 5) is 12.7. The van der Waals surface area contributed by atoms with Gasteiger partial charge in [0.05, 0.1) is 0 Å². The van der Waals surface area contributed by atoms with Crippen LogP contribution in [-0.2, 0) is 4.74 Å². The maximum atomic E-state index is 11.7. The molecular formula is C11H12O2S. The van der Waals surface area contributed by atoms with Crippen LogP contribution in [0.3, 0.4) is 0 Å². The first-order valence-electron chi connectivity index (χ1n) is 4.71. The Morgan fingerprint density at radius 1 is 1.50 bits per heavy atom. The monoisotopic (exact) mass is 208 g/mol. The van der Waals surface area contributed by atoms with E-state index in [1.807, 2.05) is 31.2 Å². The summed E-state index contributed by atoms with van der Waals surface area (Å²) in [5, 5.41) is 0. The molecule has 1 aliphatic heterocycles. The van der Waals surface area contributed by atoms with Crippen LogP contribution in [0.15, 0.2) is 29.2 Å². The fraction of sp³-hybridized carbons (Fsp3) is 0.364. The van der Waals surface area contributed by atoms with E-state index in [2.05, 4.69) is 0 Å². The Morgan fingerprint density at radius 3 is 3.07 bits per heavy atom. The van der Waals surface area contributed by atoms with Gasteiger partial charge in [0.15, 0.2) is 5.78 Å². The van der Waals surface area contributed by atoms with Crippen molar-refractivity contribution in [2.75, 3.05) is 6.61 Å². The first kappa shape index (κ1) is 9.74. The van der Waals surface area contributed by atoms with E-state index in [0.29, 0.717) is 13.0 Å². The van der Waals surface area contributed by atoms with Gasteiger partial charge in [0, 0.05) is 23.5 Å². The summed E-state index contributed by atoms with van der Waals surface area (Å²) in [7, 11) is 0. The van der Waals surface area contributed by atoms with Crippen LogP contribution in [0.2, 0.25) is 0 Å². The Bertz CT molecular complexity index is 349. The largest absolute Gasteiger partial charge is 0.367 e. The zero-order valence-corrected chi connectivity index (χ0v) is 8.84. The molecule has 1 aromatic rings. The van der Waals surface area contributed by atoms with Crippen molar-refractivity contribution in [3.8, 4) is 0 Å². The third-order valence-electron chi connectivity index (χ3n) is 2.15. The second-order valence-electron chi connectivity index (χ2n) is 3.13. The van der Waals surface area contributed by atoms with Crippen molar-refractivity contribution in [1.82, 2.24) is 0 Å². The maximum Gasteiger partial charge on any atom is 0.167 e. The van der Waals surface area contributed by atoms with Gasteiger partial charge in [-0.15, -0.1) is 0 Å². The van der Waals surface area contributed by atoms with Crippen molar-refractivity contribution >= 4 is 17.5 Å². The molecule has 1 aromatic carbocycles. The highest BCUT2D eigenvalue weighted by molar-refractivity contribution is 8.00. The molecule has 0 saturated heterocycles. The molecule has 3 heteroatoms. The average Bonchev–Trinajstić information content (AvgIpc) is 2.18. The molecule has 1 aliphatic rings. The van der Waals surface area contributed by atoms with Gasteiger partial charge < -0.3 is 4.74 Å². The summed E-state index contributed by atoms with van der Waals surface area (Å²) in [6.07, 6.45) is 0.496. The van der Waals surface area contributed by atoms with E-state index in [9.17, 15) is 4.79 Å². The summed E-state index contributed by atoms with van der Waals surface area (Å²) in [5.74, 6) is 0.192. The average molecular weight is 208 g/mol. The SMILES string of the molecule is CCOC1CC(=O)c2ccccc2S1. The molecule has 0 N–H and O–H groups in total. The minimum atomic E-state index is 0.00222. The smallest absolute Gasteiger partial charge is 0.167 e. The van der Waals surface area contributed by atoms with E-state index in [1.54, 1.807) is 11.8 Å². The molecule has 0 bridgehead atoms.